The molecule has 0 fully saturated rings. The summed E-state index contributed by atoms with van der Waals surface area (Å²) in [6.07, 6.45) is 2.35. The lowest BCUT2D eigenvalue weighted by Crippen LogP contribution is -2.19. The van der Waals surface area contributed by atoms with Gasteiger partial charge in [0.1, 0.15) is 12.4 Å². The molecule has 0 spiro atoms. The van der Waals surface area contributed by atoms with E-state index in [1.165, 1.54) is 12.0 Å². The zero-order chi connectivity index (χ0) is 15.0. The van der Waals surface area contributed by atoms with Gasteiger partial charge in [0.15, 0.2) is 0 Å². The standard InChI is InChI=1S/C16H26BrNO2/c1-5-12(2)10-15(18-3)13-6-7-16(14(17)11-13)20-9-8-19-4/h6-7,11-12,15,18H,5,8-10H2,1-4H3. The fraction of sp³-hybridized carbons (Fsp3) is 0.625. The summed E-state index contributed by atoms with van der Waals surface area (Å²) < 4.78 is 11.6. The minimum absolute atomic E-state index is 0.384. The minimum Gasteiger partial charge on any atom is -0.490 e. The zero-order valence-electron chi connectivity index (χ0n) is 12.9. The van der Waals surface area contributed by atoms with Gasteiger partial charge in [-0.25, -0.2) is 0 Å². The van der Waals surface area contributed by atoms with Crippen LogP contribution < -0.4 is 10.1 Å². The van der Waals surface area contributed by atoms with Crippen LogP contribution in [0.5, 0.6) is 5.75 Å². The van der Waals surface area contributed by atoms with Gasteiger partial charge in [-0.15, -0.1) is 0 Å². The second-order valence-electron chi connectivity index (χ2n) is 5.12. The van der Waals surface area contributed by atoms with Crippen molar-refractivity contribution < 1.29 is 9.47 Å². The Bertz CT molecular complexity index is 398. The Labute approximate surface area is 131 Å². The maximum atomic E-state index is 5.66. The Morgan fingerprint density at radius 1 is 1.30 bits per heavy atom. The molecule has 2 unspecified atom stereocenters. The summed E-state index contributed by atoms with van der Waals surface area (Å²) in [6.45, 7) is 5.69. The SMILES string of the molecule is CCC(C)CC(NC)c1ccc(OCCOC)c(Br)c1. The lowest BCUT2D eigenvalue weighted by Gasteiger charge is -2.21. The van der Waals surface area contributed by atoms with Gasteiger partial charge in [-0.3, -0.25) is 0 Å². The molecule has 0 saturated heterocycles. The van der Waals surface area contributed by atoms with Crippen molar-refractivity contribution in [3.63, 3.8) is 0 Å². The molecule has 0 bridgehead atoms. The van der Waals surface area contributed by atoms with Crippen molar-refractivity contribution in [1.29, 1.82) is 0 Å². The Hall–Kier alpha value is -0.580. The number of hydrogen-bond acceptors (Lipinski definition) is 3. The van der Waals surface area contributed by atoms with E-state index in [2.05, 4.69) is 47.2 Å². The largest absolute Gasteiger partial charge is 0.490 e. The maximum absolute atomic E-state index is 5.66. The highest BCUT2D eigenvalue weighted by atomic mass is 79.9. The van der Waals surface area contributed by atoms with E-state index >= 15 is 0 Å². The normalized spacial score (nSPS) is 14.1. The topological polar surface area (TPSA) is 30.5 Å². The average molecular weight is 344 g/mol. The lowest BCUT2D eigenvalue weighted by atomic mass is 9.94. The molecular weight excluding hydrogens is 318 g/mol. The lowest BCUT2D eigenvalue weighted by molar-refractivity contribution is 0.146. The molecule has 1 aromatic carbocycles. The number of benzene rings is 1. The van der Waals surface area contributed by atoms with Gasteiger partial charge in [0.05, 0.1) is 11.1 Å². The van der Waals surface area contributed by atoms with Crippen LogP contribution in [0.3, 0.4) is 0 Å². The molecule has 1 N–H and O–H groups in total. The Morgan fingerprint density at radius 2 is 2.05 bits per heavy atom. The molecule has 0 aliphatic carbocycles. The average Bonchev–Trinajstić information content (AvgIpc) is 2.46. The van der Waals surface area contributed by atoms with E-state index < -0.39 is 0 Å². The summed E-state index contributed by atoms with van der Waals surface area (Å²) in [4.78, 5) is 0. The molecule has 2 atom stereocenters. The summed E-state index contributed by atoms with van der Waals surface area (Å²) >= 11 is 3.59. The summed E-state index contributed by atoms with van der Waals surface area (Å²) in [6, 6.07) is 6.69. The van der Waals surface area contributed by atoms with Gasteiger partial charge in [0.25, 0.3) is 0 Å². The second kappa shape index (κ2) is 9.37. The highest BCUT2D eigenvalue weighted by molar-refractivity contribution is 9.10. The first-order valence-electron chi connectivity index (χ1n) is 7.20. The highest BCUT2D eigenvalue weighted by Crippen LogP contribution is 2.30. The summed E-state index contributed by atoms with van der Waals surface area (Å²) in [5, 5.41) is 3.40. The van der Waals surface area contributed by atoms with Crippen LogP contribution in [0.1, 0.15) is 38.3 Å². The first-order chi connectivity index (χ1) is 9.62. The van der Waals surface area contributed by atoms with Crippen LogP contribution in [0, 0.1) is 5.92 Å². The van der Waals surface area contributed by atoms with E-state index in [0.717, 1.165) is 16.6 Å². The van der Waals surface area contributed by atoms with Crippen molar-refractivity contribution in [2.24, 2.45) is 5.92 Å². The van der Waals surface area contributed by atoms with Crippen molar-refractivity contribution in [3.8, 4) is 5.75 Å². The zero-order valence-corrected chi connectivity index (χ0v) is 14.5. The smallest absolute Gasteiger partial charge is 0.133 e. The van der Waals surface area contributed by atoms with Crippen LogP contribution >= 0.6 is 15.9 Å². The monoisotopic (exact) mass is 343 g/mol. The third-order valence-electron chi connectivity index (χ3n) is 3.59. The third-order valence-corrected chi connectivity index (χ3v) is 4.21. The molecule has 114 valence electrons. The van der Waals surface area contributed by atoms with Crippen LogP contribution in [-0.4, -0.2) is 27.4 Å². The van der Waals surface area contributed by atoms with Crippen molar-refractivity contribution in [3.05, 3.63) is 28.2 Å². The van der Waals surface area contributed by atoms with E-state index in [9.17, 15) is 0 Å². The van der Waals surface area contributed by atoms with Crippen molar-refractivity contribution in [2.75, 3.05) is 27.4 Å². The fourth-order valence-electron chi connectivity index (χ4n) is 2.08. The van der Waals surface area contributed by atoms with E-state index in [0.29, 0.717) is 25.2 Å². The molecule has 0 aliphatic heterocycles. The summed E-state index contributed by atoms with van der Waals surface area (Å²) in [5.74, 6) is 1.58. The van der Waals surface area contributed by atoms with E-state index in [4.69, 9.17) is 9.47 Å². The first kappa shape index (κ1) is 17.5. The molecule has 20 heavy (non-hydrogen) atoms. The Kier molecular flexibility index (Phi) is 8.19. The number of halogens is 1. The molecule has 0 saturated carbocycles. The van der Waals surface area contributed by atoms with Gasteiger partial charge < -0.3 is 14.8 Å². The highest BCUT2D eigenvalue weighted by Gasteiger charge is 2.14. The number of nitrogens with one attached hydrogen (secondary N) is 1. The first-order valence-corrected chi connectivity index (χ1v) is 8.00. The molecule has 0 aliphatic rings. The van der Waals surface area contributed by atoms with Crippen molar-refractivity contribution >= 4 is 15.9 Å². The number of rotatable bonds is 9. The van der Waals surface area contributed by atoms with Gasteiger partial charge in [-0.05, 0) is 53.0 Å². The minimum atomic E-state index is 0.384. The Morgan fingerprint density at radius 3 is 2.60 bits per heavy atom. The van der Waals surface area contributed by atoms with Gasteiger partial charge in [0.2, 0.25) is 0 Å². The third kappa shape index (κ3) is 5.43. The summed E-state index contributed by atoms with van der Waals surface area (Å²) in [7, 11) is 3.69. The van der Waals surface area contributed by atoms with Crippen LogP contribution in [0.25, 0.3) is 0 Å². The molecule has 0 heterocycles. The maximum Gasteiger partial charge on any atom is 0.133 e. The van der Waals surface area contributed by atoms with Crippen molar-refractivity contribution in [1.82, 2.24) is 5.32 Å². The van der Waals surface area contributed by atoms with Gasteiger partial charge in [-0.1, -0.05) is 26.3 Å². The fourth-order valence-corrected chi connectivity index (χ4v) is 2.59. The molecule has 4 heteroatoms. The van der Waals surface area contributed by atoms with E-state index in [-0.39, 0.29) is 0 Å². The Balaban J connectivity index is 2.73. The van der Waals surface area contributed by atoms with Gasteiger partial charge in [0, 0.05) is 13.2 Å². The molecular formula is C16H26BrNO2. The van der Waals surface area contributed by atoms with Crippen LogP contribution in [-0.2, 0) is 4.74 Å². The van der Waals surface area contributed by atoms with Crippen LogP contribution in [0.15, 0.2) is 22.7 Å². The van der Waals surface area contributed by atoms with Gasteiger partial charge in [-0.2, -0.15) is 0 Å². The predicted octanol–water partition coefficient (Wildman–Crippen LogP) is 4.17. The predicted molar refractivity (Wildman–Crippen MR) is 87.4 cm³/mol. The van der Waals surface area contributed by atoms with E-state index in [1.54, 1.807) is 7.11 Å². The van der Waals surface area contributed by atoms with E-state index in [1.807, 2.05) is 13.1 Å². The van der Waals surface area contributed by atoms with Gasteiger partial charge >= 0.3 is 0 Å². The molecule has 0 aromatic heterocycles. The second-order valence-corrected chi connectivity index (χ2v) is 5.98. The molecule has 0 amide bonds. The number of ether oxygens (including phenoxy) is 2. The van der Waals surface area contributed by atoms with Crippen molar-refractivity contribution in [2.45, 2.75) is 32.7 Å². The molecule has 3 nitrogen and oxygen atoms in total. The van der Waals surface area contributed by atoms with Crippen LogP contribution in [0.4, 0.5) is 0 Å². The number of hydrogen-bond donors (Lipinski definition) is 1. The summed E-state index contributed by atoms with van der Waals surface area (Å²) in [5.41, 5.74) is 1.29. The number of methoxy groups -OCH3 is 1. The molecule has 1 rings (SSSR count). The molecule has 1 aromatic rings. The molecule has 0 radical (unpaired) electrons. The quantitative estimate of drug-likeness (QED) is 0.682. The van der Waals surface area contributed by atoms with Crippen LogP contribution in [0.2, 0.25) is 0 Å².